The van der Waals surface area contributed by atoms with Crippen LogP contribution in [0.2, 0.25) is 0 Å². The maximum atomic E-state index is 7.88. The van der Waals surface area contributed by atoms with Gasteiger partial charge in [0.25, 0.3) is 0 Å². The Kier molecular flexibility index (Phi) is 11.5. The summed E-state index contributed by atoms with van der Waals surface area (Å²) in [6, 6.07) is 0. The summed E-state index contributed by atoms with van der Waals surface area (Å²) in [4.78, 5) is 0. The van der Waals surface area contributed by atoms with Crippen molar-refractivity contribution in [3.05, 3.63) is 0 Å². The average Bonchev–Trinajstić information content (AvgIpc) is 2.40. The number of rotatable bonds is 11. The molecule has 0 aliphatic carbocycles. The van der Waals surface area contributed by atoms with Gasteiger partial charge in [0.2, 0.25) is 0 Å². The molecule has 0 amide bonds. The highest BCUT2D eigenvalue weighted by molar-refractivity contribution is 8.13. The lowest BCUT2D eigenvalue weighted by Gasteiger charge is -2.32. The smallest absolute Gasteiger partial charge is 0.153 e. The first-order chi connectivity index (χ1) is 9.08. The monoisotopic (exact) mass is 286 g/mol. The third-order valence-electron chi connectivity index (χ3n) is 3.78. The van der Waals surface area contributed by atoms with E-state index in [0.717, 1.165) is 0 Å². The Balaban J connectivity index is 4.15. The largest absolute Gasteiger partial charge is 0.360 e. The molecule has 0 aliphatic heterocycles. The molecule has 3 heteroatoms. The fourth-order valence-corrected chi connectivity index (χ4v) is 2.81. The van der Waals surface area contributed by atoms with Gasteiger partial charge >= 0.3 is 0 Å². The molecule has 0 aromatic heterocycles. The van der Waals surface area contributed by atoms with Crippen LogP contribution in [0.15, 0.2) is 0 Å². The third-order valence-corrected chi connectivity index (χ3v) is 4.29. The molecule has 114 valence electrons. The van der Waals surface area contributed by atoms with Crippen LogP contribution in [-0.4, -0.2) is 17.0 Å². The fraction of sp³-hybridized carbons (Fsp3) is 0.938. The zero-order valence-corrected chi connectivity index (χ0v) is 14.3. The topological polar surface area (TPSA) is 35.9 Å². The highest BCUT2D eigenvalue weighted by Gasteiger charge is 2.23. The van der Waals surface area contributed by atoms with Crippen LogP contribution in [0.3, 0.4) is 0 Å². The molecule has 0 rings (SSSR count). The van der Waals surface area contributed by atoms with Crippen molar-refractivity contribution < 1.29 is 0 Å². The molecule has 19 heavy (non-hydrogen) atoms. The van der Waals surface area contributed by atoms with Gasteiger partial charge in [-0.15, -0.1) is 0 Å². The molecule has 0 aromatic rings. The van der Waals surface area contributed by atoms with E-state index < -0.39 is 0 Å². The molecule has 0 spiro atoms. The molecule has 0 saturated carbocycles. The number of thioether (sulfide) groups is 1. The summed E-state index contributed by atoms with van der Waals surface area (Å²) in [5.74, 6) is 0. The molecule has 0 heterocycles. The maximum absolute atomic E-state index is 7.88. The van der Waals surface area contributed by atoms with E-state index in [9.17, 15) is 0 Å². The lowest BCUT2D eigenvalue weighted by Crippen LogP contribution is -2.44. The Hall–Kier alpha value is -0.180. The Bertz CT molecular complexity index is 217. The van der Waals surface area contributed by atoms with Crippen LogP contribution in [0.25, 0.3) is 0 Å². The van der Waals surface area contributed by atoms with Crippen molar-refractivity contribution in [1.29, 1.82) is 5.41 Å². The van der Waals surface area contributed by atoms with Gasteiger partial charge in [0.1, 0.15) is 0 Å². The van der Waals surface area contributed by atoms with Crippen molar-refractivity contribution in [2.75, 3.05) is 6.26 Å². The molecule has 0 radical (unpaired) electrons. The third kappa shape index (κ3) is 10.3. The molecule has 0 bridgehead atoms. The van der Waals surface area contributed by atoms with Gasteiger partial charge in [0.05, 0.1) is 0 Å². The van der Waals surface area contributed by atoms with Gasteiger partial charge in [-0.2, -0.15) is 0 Å². The first-order valence-electron chi connectivity index (χ1n) is 7.98. The zero-order valence-electron chi connectivity index (χ0n) is 13.5. The van der Waals surface area contributed by atoms with Crippen molar-refractivity contribution in [1.82, 2.24) is 5.32 Å². The van der Waals surface area contributed by atoms with Gasteiger partial charge in [0.15, 0.2) is 5.17 Å². The first kappa shape index (κ1) is 18.8. The van der Waals surface area contributed by atoms with E-state index in [4.69, 9.17) is 5.41 Å². The molecular weight excluding hydrogens is 252 g/mol. The molecule has 0 aromatic carbocycles. The molecular formula is C16H34N2S. The van der Waals surface area contributed by atoms with Crippen molar-refractivity contribution in [3.63, 3.8) is 0 Å². The predicted octanol–water partition coefficient (Wildman–Crippen LogP) is 5.57. The maximum Gasteiger partial charge on any atom is 0.153 e. The average molecular weight is 287 g/mol. The highest BCUT2D eigenvalue weighted by Crippen LogP contribution is 2.23. The Morgan fingerprint density at radius 3 is 1.79 bits per heavy atom. The number of amidine groups is 1. The molecule has 0 saturated heterocycles. The molecule has 0 atom stereocenters. The van der Waals surface area contributed by atoms with E-state index in [1.165, 1.54) is 76.0 Å². The van der Waals surface area contributed by atoms with Gasteiger partial charge in [-0.3, -0.25) is 5.41 Å². The van der Waals surface area contributed by atoms with Crippen LogP contribution < -0.4 is 5.32 Å². The van der Waals surface area contributed by atoms with E-state index in [2.05, 4.69) is 26.1 Å². The summed E-state index contributed by atoms with van der Waals surface area (Å²) in [7, 11) is 0. The number of unbranched alkanes of at least 4 members (excludes halogenated alkanes) is 6. The van der Waals surface area contributed by atoms with Gasteiger partial charge < -0.3 is 5.32 Å². The summed E-state index contributed by atoms with van der Waals surface area (Å²) in [6.07, 6.45) is 14.9. The van der Waals surface area contributed by atoms with Crippen molar-refractivity contribution >= 4 is 16.9 Å². The van der Waals surface area contributed by atoms with Gasteiger partial charge in [-0.1, -0.05) is 77.0 Å². The quantitative estimate of drug-likeness (QED) is 0.296. The second-order valence-electron chi connectivity index (χ2n) is 5.84. The molecule has 2 nitrogen and oxygen atoms in total. The summed E-state index contributed by atoms with van der Waals surface area (Å²) < 4.78 is 0. The van der Waals surface area contributed by atoms with Gasteiger partial charge in [-0.05, 0) is 26.0 Å². The normalized spacial score (nSPS) is 11.6. The number of hydrogen-bond donors (Lipinski definition) is 2. The van der Waals surface area contributed by atoms with E-state index in [1.807, 2.05) is 6.26 Å². The minimum atomic E-state index is 0.127. The molecule has 0 unspecified atom stereocenters. The van der Waals surface area contributed by atoms with Crippen LogP contribution in [0, 0.1) is 5.41 Å². The van der Waals surface area contributed by atoms with Gasteiger partial charge in [-0.25, -0.2) is 0 Å². The lowest BCUT2D eigenvalue weighted by molar-refractivity contribution is 0.331. The SMILES string of the molecule is CCCCCCC(C)(CCCCCC)NC(=N)SC. The van der Waals surface area contributed by atoms with E-state index >= 15 is 0 Å². The Morgan fingerprint density at radius 2 is 1.42 bits per heavy atom. The van der Waals surface area contributed by atoms with Crippen molar-refractivity contribution in [3.8, 4) is 0 Å². The molecule has 0 fully saturated rings. The van der Waals surface area contributed by atoms with Crippen LogP contribution >= 0.6 is 11.8 Å². The van der Waals surface area contributed by atoms with Crippen LogP contribution in [0.5, 0.6) is 0 Å². The minimum Gasteiger partial charge on any atom is -0.360 e. The predicted molar refractivity (Wildman–Crippen MR) is 90.3 cm³/mol. The summed E-state index contributed by atoms with van der Waals surface area (Å²) in [5.41, 5.74) is 0.127. The Morgan fingerprint density at radius 1 is 0.947 bits per heavy atom. The van der Waals surface area contributed by atoms with Crippen molar-refractivity contribution in [2.24, 2.45) is 0 Å². The zero-order chi connectivity index (χ0) is 14.6. The van der Waals surface area contributed by atoms with Crippen LogP contribution in [0.1, 0.15) is 85.0 Å². The Labute approximate surface area is 125 Å². The summed E-state index contributed by atoms with van der Waals surface area (Å²) >= 11 is 1.51. The summed E-state index contributed by atoms with van der Waals surface area (Å²) in [6.45, 7) is 6.81. The van der Waals surface area contributed by atoms with Crippen LogP contribution in [-0.2, 0) is 0 Å². The first-order valence-corrected chi connectivity index (χ1v) is 9.21. The summed E-state index contributed by atoms with van der Waals surface area (Å²) in [5, 5.41) is 11.9. The van der Waals surface area contributed by atoms with Crippen molar-refractivity contribution in [2.45, 2.75) is 90.5 Å². The molecule has 0 aliphatic rings. The second kappa shape index (κ2) is 11.6. The number of nitrogens with one attached hydrogen (secondary N) is 2. The van der Waals surface area contributed by atoms with E-state index in [1.54, 1.807) is 0 Å². The van der Waals surface area contributed by atoms with E-state index in [0.29, 0.717) is 5.17 Å². The minimum absolute atomic E-state index is 0.127. The van der Waals surface area contributed by atoms with Gasteiger partial charge in [0, 0.05) is 5.54 Å². The lowest BCUT2D eigenvalue weighted by atomic mass is 9.88. The fourth-order valence-electron chi connectivity index (χ4n) is 2.46. The standard InChI is InChI=1S/C16H34N2S/c1-5-7-9-11-13-16(3,18-15(17)19-4)14-12-10-8-6-2/h5-14H2,1-4H3,(H2,17,18). The highest BCUT2D eigenvalue weighted by atomic mass is 32.2. The van der Waals surface area contributed by atoms with E-state index in [-0.39, 0.29) is 5.54 Å². The second-order valence-corrected chi connectivity index (χ2v) is 6.66. The number of hydrogen-bond acceptors (Lipinski definition) is 2. The van der Waals surface area contributed by atoms with Crippen LogP contribution in [0.4, 0.5) is 0 Å². The molecule has 2 N–H and O–H groups in total.